The molecule has 8 nitrogen and oxygen atoms in total. The summed E-state index contributed by atoms with van der Waals surface area (Å²) >= 11 is 0. The zero-order valence-corrected chi connectivity index (χ0v) is 17.4. The number of nitrogens with one attached hydrogen (secondary N) is 2. The minimum Gasteiger partial charge on any atom is -0.397 e. The maximum Gasteiger partial charge on any atom is 0.261 e. The lowest BCUT2D eigenvalue weighted by molar-refractivity contribution is -1.09. The number of quaternary nitrogens is 1. The normalized spacial score (nSPS) is 16.3. The third-order valence-electron chi connectivity index (χ3n) is 6.22. The quantitative estimate of drug-likeness (QED) is 0.440. The predicted molar refractivity (Wildman–Crippen MR) is 119 cm³/mol. The van der Waals surface area contributed by atoms with E-state index >= 15 is 0 Å². The first-order valence-electron chi connectivity index (χ1n) is 10.1. The van der Waals surface area contributed by atoms with E-state index in [1.807, 2.05) is 18.2 Å². The van der Waals surface area contributed by atoms with Gasteiger partial charge in [-0.15, -0.1) is 0 Å². The van der Waals surface area contributed by atoms with Crippen molar-refractivity contribution in [1.82, 2.24) is 15.0 Å². The first-order chi connectivity index (χ1) is 14.9. The van der Waals surface area contributed by atoms with E-state index in [1.165, 1.54) is 12.1 Å². The Kier molecular flexibility index (Phi) is 4.45. The molecule has 2 aromatic heterocycles. The summed E-state index contributed by atoms with van der Waals surface area (Å²) in [5, 5.41) is 0.186. The maximum atomic E-state index is 14.4. The van der Waals surface area contributed by atoms with Crippen molar-refractivity contribution in [3.63, 3.8) is 0 Å². The average Bonchev–Trinajstić information content (AvgIpc) is 3.16. The summed E-state index contributed by atoms with van der Waals surface area (Å²) in [5.74, 6) is -0.171. The van der Waals surface area contributed by atoms with Gasteiger partial charge in [0.15, 0.2) is 0 Å². The maximum absolute atomic E-state index is 14.4. The van der Waals surface area contributed by atoms with Crippen LogP contribution in [0.2, 0.25) is 0 Å². The summed E-state index contributed by atoms with van der Waals surface area (Å²) in [5.41, 5.74) is 8.94. The number of aromatic amines is 2. The molecule has 0 radical (unpaired) electrons. The van der Waals surface area contributed by atoms with E-state index in [9.17, 15) is 9.18 Å². The highest BCUT2D eigenvalue weighted by atomic mass is 19.1. The van der Waals surface area contributed by atoms with Gasteiger partial charge in [-0.2, -0.15) is 4.65 Å². The Morgan fingerprint density at radius 2 is 1.94 bits per heavy atom. The van der Waals surface area contributed by atoms with Crippen LogP contribution in [0.3, 0.4) is 0 Å². The van der Waals surface area contributed by atoms with E-state index in [-0.39, 0.29) is 16.6 Å². The van der Waals surface area contributed by atoms with Crippen molar-refractivity contribution < 1.29 is 13.9 Å². The monoisotopic (exact) mass is 423 g/mol. The van der Waals surface area contributed by atoms with Gasteiger partial charge in [0.25, 0.3) is 5.56 Å². The van der Waals surface area contributed by atoms with Gasteiger partial charge in [-0.25, -0.2) is 14.2 Å². The number of rotatable bonds is 3. The van der Waals surface area contributed by atoms with Crippen molar-refractivity contribution in [3.05, 3.63) is 52.6 Å². The number of piperazine rings is 1. The minimum absolute atomic E-state index is 0.0729. The first-order valence-corrected chi connectivity index (χ1v) is 10.1. The van der Waals surface area contributed by atoms with Gasteiger partial charge in [-0.1, -0.05) is 6.07 Å². The Bertz CT molecular complexity index is 1350. The van der Waals surface area contributed by atoms with Crippen molar-refractivity contribution in [2.24, 2.45) is 0 Å². The van der Waals surface area contributed by atoms with Gasteiger partial charge in [0.2, 0.25) is 0 Å². The summed E-state index contributed by atoms with van der Waals surface area (Å²) in [6, 6.07) is 10.4. The molecule has 1 aliphatic heterocycles. The second kappa shape index (κ2) is 7.07. The number of likely N-dealkylation sites (N-methyl/N-ethyl adjacent to an activating group) is 1. The molecular formula is C22H24FN6O2+. The van der Waals surface area contributed by atoms with Crippen molar-refractivity contribution in [2.75, 3.05) is 51.0 Å². The standard InChI is InChI=1S/C22H23FN6O2/c1-29(31-2)10-8-28(9-11-29)13-6-7-15-17(12-13)26-21(25-15)19-20(24)18-14(23)4-3-5-16(18)27-22(19)30/h3-7,12H,8-11H2,1-2H3,(H3-,24,25,26,27,30)/p+1. The molecule has 9 heteroatoms. The Hall–Kier alpha value is -3.43. The van der Waals surface area contributed by atoms with Gasteiger partial charge in [0.1, 0.15) is 30.3 Å². The largest absolute Gasteiger partial charge is 0.397 e. The molecule has 0 bridgehead atoms. The molecule has 0 unspecified atom stereocenters. The number of halogens is 1. The molecule has 0 aliphatic carbocycles. The smallest absolute Gasteiger partial charge is 0.261 e. The molecule has 0 amide bonds. The molecule has 2 aromatic carbocycles. The second-order valence-corrected chi connectivity index (χ2v) is 8.11. The van der Waals surface area contributed by atoms with Gasteiger partial charge < -0.3 is 20.6 Å². The summed E-state index contributed by atoms with van der Waals surface area (Å²) in [6.07, 6.45) is 0. The number of pyridine rings is 1. The van der Waals surface area contributed by atoms with Crippen LogP contribution < -0.4 is 16.2 Å². The Balaban J connectivity index is 1.55. The highest BCUT2D eigenvalue weighted by molar-refractivity contribution is 5.98. The molecule has 1 fully saturated rings. The molecule has 3 heterocycles. The summed E-state index contributed by atoms with van der Waals surface area (Å²) < 4.78 is 15.0. The molecule has 5 rings (SSSR count). The van der Waals surface area contributed by atoms with Crippen molar-refractivity contribution in [3.8, 4) is 11.4 Å². The lowest BCUT2D eigenvalue weighted by atomic mass is 10.1. The van der Waals surface area contributed by atoms with E-state index < -0.39 is 11.4 Å². The number of hydroxylamine groups is 3. The van der Waals surface area contributed by atoms with Crippen molar-refractivity contribution >= 4 is 33.3 Å². The molecule has 160 valence electrons. The van der Waals surface area contributed by atoms with Crippen LogP contribution in [-0.2, 0) is 4.84 Å². The zero-order valence-electron chi connectivity index (χ0n) is 17.4. The van der Waals surface area contributed by atoms with Crippen LogP contribution in [-0.4, -0.2) is 59.9 Å². The van der Waals surface area contributed by atoms with Crippen LogP contribution >= 0.6 is 0 Å². The number of imidazole rings is 1. The van der Waals surface area contributed by atoms with E-state index in [1.54, 1.807) is 13.2 Å². The number of benzene rings is 2. The Morgan fingerprint density at radius 3 is 2.68 bits per heavy atom. The molecule has 0 spiro atoms. The SMILES string of the molecule is CO[N+]1(C)CCN(c2ccc3nc(-c4c(N)c5c(F)cccc5[nH]c4=O)[nH]c3c2)CC1. The highest BCUT2D eigenvalue weighted by Gasteiger charge is 2.29. The fraction of sp³-hybridized carbons (Fsp3) is 0.273. The van der Waals surface area contributed by atoms with Crippen molar-refractivity contribution in [1.29, 1.82) is 0 Å². The summed E-state index contributed by atoms with van der Waals surface area (Å²) in [4.78, 5) is 31.0. The number of anilines is 2. The first kappa shape index (κ1) is 19.5. The van der Waals surface area contributed by atoms with Crippen LogP contribution in [0.25, 0.3) is 33.3 Å². The van der Waals surface area contributed by atoms with Gasteiger partial charge in [0.05, 0.1) is 54.9 Å². The molecule has 1 saturated heterocycles. The number of hydrogen-bond donors (Lipinski definition) is 3. The topological polar surface area (TPSA) is 100 Å². The Labute approximate surface area is 177 Å². The van der Waals surface area contributed by atoms with Crippen LogP contribution in [0.5, 0.6) is 0 Å². The van der Waals surface area contributed by atoms with Gasteiger partial charge in [-0.3, -0.25) is 4.79 Å². The predicted octanol–water partition coefficient (Wildman–Crippen LogP) is 2.62. The van der Waals surface area contributed by atoms with E-state index in [0.29, 0.717) is 21.5 Å². The van der Waals surface area contributed by atoms with E-state index in [2.05, 4.69) is 26.9 Å². The fourth-order valence-corrected chi connectivity index (χ4v) is 4.21. The van der Waals surface area contributed by atoms with Crippen LogP contribution in [0.15, 0.2) is 41.2 Å². The van der Waals surface area contributed by atoms with Gasteiger partial charge in [-0.05, 0) is 30.3 Å². The summed E-state index contributed by atoms with van der Waals surface area (Å²) in [7, 11) is 3.82. The van der Waals surface area contributed by atoms with Crippen LogP contribution in [0, 0.1) is 5.82 Å². The molecule has 1 aliphatic rings. The summed E-state index contributed by atoms with van der Waals surface area (Å²) in [6.45, 7) is 3.51. The van der Waals surface area contributed by atoms with Crippen LogP contribution in [0.4, 0.5) is 15.8 Å². The molecular weight excluding hydrogens is 399 g/mol. The second-order valence-electron chi connectivity index (χ2n) is 8.11. The number of fused-ring (bicyclic) bond motifs is 2. The average molecular weight is 423 g/mol. The van der Waals surface area contributed by atoms with E-state index in [0.717, 1.165) is 37.4 Å². The number of nitrogens with two attached hydrogens (primary N) is 1. The molecule has 4 N–H and O–H groups in total. The van der Waals surface area contributed by atoms with Gasteiger partial charge >= 0.3 is 0 Å². The minimum atomic E-state index is -0.488. The lowest BCUT2D eigenvalue weighted by Gasteiger charge is -2.39. The third kappa shape index (κ3) is 3.22. The number of hydrogen-bond acceptors (Lipinski definition) is 5. The number of nitrogens with zero attached hydrogens (tertiary/aromatic N) is 3. The Morgan fingerprint density at radius 1 is 1.16 bits per heavy atom. The molecule has 0 saturated carbocycles. The number of aromatic nitrogens is 3. The van der Waals surface area contributed by atoms with E-state index in [4.69, 9.17) is 10.6 Å². The van der Waals surface area contributed by atoms with Gasteiger partial charge in [0, 0.05) is 5.69 Å². The third-order valence-corrected chi connectivity index (χ3v) is 6.22. The highest BCUT2D eigenvalue weighted by Crippen LogP contribution is 2.31. The molecule has 4 aromatic rings. The lowest BCUT2D eigenvalue weighted by Crippen LogP contribution is -2.56. The fourth-order valence-electron chi connectivity index (χ4n) is 4.21. The molecule has 31 heavy (non-hydrogen) atoms. The zero-order chi connectivity index (χ0) is 21.8. The van der Waals surface area contributed by atoms with Crippen molar-refractivity contribution in [2.45, 2.75) is 0 Å². The number of nitrogen functional groups attached to an aromatic ring is 1. The van der Waals surface area contributed by atoms with Crippen LogP contribution in [0.1, 0.15) is 0 Å². The molecule has 0 atom stereocenters. The number of H-pyrrole nitrogens is 2.